The third-order valence-corrected chi connectivity index (χ3v) is 2.60. The Morgan fingerprint density at radius 3 is 2.73 bits per heavy atom. The van der Waals surface area contributed by atoms with Gasteiger partial charge in [0, 0.05) is 23.7 Å². The zero-order chi connectivity index (χ0) is 11.0. The largest absolute Gasteiger partial charge is 0.345 e. The van der Waals surface area contributed by atoms with E-state index in [-0.39, 0.29) is 11.2 Å². The first-order chi connectivity index (χ1) is 7.13. The van der Waals surface area contributed by atoms with Crippen molar-refractivity contribution in [1.29, 1.82) is 0 Å². The maximum Gasteiger partial charge on any atom is 0.189 e. The summed E-state index contributed by atoms with van der Waals surface area (Å²) in [5.74, 6) is -0.369. The fourth-order valence-electron chi connectivity index (χ4n) is 1.90. The molecule has 0 atom stereocenters. The van der Waals surface area contributed by atoms with E-state index in [1.807, 2.05) is 18.4 Å². The van der Waals surface area contributed by atoms with E-state index in [9.17, 15) is 9.18 Å². The van der Waals surface area contributed by atoms with Crippen molar-refractivity contribution in [3.8, 4) is 0 Å². The lowest BCUT2D eigenvalue weighted by molar-refractivity contribution is 0.629. The molecule has 3 heteroatoms. The van der Waals surface area contributed by atoms with Crippen molar-refractivity contribution in [3.05, 3.63) is 46.0 Å². The number of rotatable bonds is 1. The van der Waals surface area contributed by atoms with Crippen LogP contribution in [-0.2, 0) is 6.54 Å². The minimum Gasteiger partial charge on any atom is -0.345 e. The van der Waals surface area contributed by atoms with E-state index in [4.69, 9.17) is 0 Å². The van der Waals surface area contributed by atoms with Crippen LogP contribution in [0.2, 0.25) is 0 Å². The Kier molecular flexibility index (Phi) is 2.31. The number of nitrogens with zero attached hydrogens (tertiary/aromatic N) is 1. The van der Waals surface area contributed by atoms with Gasteiger partial charge in [-0.1, -0.05) is 0 Å². The molecule has 1 aromatic heterocycles. The highest BCUT2D eigenvalue weighted by Crippen LogP contribution is 2.14. The summed E-state index contributed by atoms with van der Waals surface area (Å²) >= 11 is 0. The summed E-state index contributed by atoms with van der Waals surface area (Å²) in [6, 6.07) is 5.88. The zero-order valence-electron chi connectivity index (χ0n) is 8.75. The predicted molar refractivity (Wildman–Crippen MR) is 58.6 cm³/mol. The van der Waals surface area contributed by atoms with Crippen LogP contribution in [0, 0.1) is 12.7 Å². The Hall–Kier alpha value is -1.64. The van der Waals surface area contributed by atoms with Gasteiger partial charge in [0.2, 0.25) is 0 Å². The van der Waals surface area contributed by atoms with Gasteiger partial charge in [-0.25, -0.2) is 4.39 Å². The number of aromatic nitrogens is 1. The van der Waals surface area contributed by atoms with E-state index in [1.54, 1.807) is 12.1 Å². The molecule has 2 aromatic rings. The molecular formula is C12H12FNO. The number of aryl methyl sites for hydroxylation is 2. The fourth-order valence-corrected chi connectivity index (χ4v) is 1.90. The first-order valence-corrected chi connectivity index (χ1v) is 4.93. The van der Waals surface area contributed by atoms with Crippen molar-refractivity contribution in [2.75, 3.05) is 0 Å². The molecule has 0 saturated carbocycles. The minimum absolute atomic E-state index is 0.119. The molecule has 0 radical (unpaired) electrons. The molecule has 78 valence electrons. The maximum absolute atomic E-state index is 13.0. The zero-order valence-corrected chi connectivity index (χ0v) is 8.75. The fraction of sp³-hybridized carbons (Fsp3) is 0.250. The van der Waals surface area contributed by atoms with Crippen LogP contribution in [-0.4, -0.2) is 4.57 Å². The predicted octanol–water partition coefficient (Wildman–Crippen LogP) is 2.47. The van der Waals surface area contributed by atoms with E-state index in [0.717, 1.165) is 17.8 Å². The molecule has 15 heavy (non-hydrogen) atoms. The van der Waals surface area contributed by atoms with E-state index in [0.29, 0.717) is 5.39 Å². The van der Waals surface area contributed by atoms with Gasteiger partial charge in [-0.3, -0.25) is 4.79 Å². The second-order valence-corrected chi connectivity index (χ2v) is 3.56. The van der Waals surface area contributed by atoms with Crippen molar-refractivity contribution in [2.24, 2.45) is 0 Å². The van der Waals surface area contributed by atoms with Crippen LogP contribution in [0.15, 0.2) is 29.1 Å². The standard InChI is InChI=1S/C12H12FNO/c1-3-14-8(2)6-12(15)10-7-9(13)4-5-11(10)14/h4-7H,3H2,1-2H3. The van der Waals surface area contributed by atoms with E-state index < -0.39 is 0 Å². The summed E-state index contributed by atoms with van der Waals surface area (Å²) in [7, 11) is 0. The molecule has 2 nitrogen and oxygen atoms in total. The van der Waals surface area contributed by atoms with Crippen molar-refractivity contribution in [1.82, 2.24) is 4.57 Å². The normalized spacial score (nSPS) is 10.9. The topological polar surface area (TPSA) is 22.0 Å². The van der Waals surface area contributed by atoms with Crippen LogP contribution in [0.1, 0.15) is 12.6 Å². The van der Waals surface area contributed by atoms with Crippen molar-refractivity contribution in [3.63, 3.8) is 0 Å². The summed E-state index contributed by atoms with van der Waals surface area (Å²) in [6.45, 7) is 4.65. The second kappa shape index (κ2) is 3.50. The smallest absolute Gasteiger partial charge is 0.189 e. The molecule has 0 amide bonds. The lowest BCUT2D eigenvalue weighted by Gasteiger charge is -2.11. The molecule has 0 fully saturated rings. The number of benzene rings is 1. The van der Waals surface area contributed by atoms with Crippen LogP contribution in [0.25, 0.3) is 10.9 Å². The summed E-state index contributed by atoms with van der Waals surface area (Å²) in [5, 5.41) is 0.447. The molecule has 0 saturated heterocycles. The molecule has 0 spiro atoms. The van der Waals surface area contributed by atoms with E-state index in [2.05, 4.69) is 0 Å². The highest BCUT2D eigenvalue weighted by molar-refractivity contribution is 5.79. The lowest BCUT2D eigenvalue weighted by atomic mass is 10.1. The third-order valence-electron chi connectivity index (χ3n) is 2.60. The van der Waals surface area contributed by atoms with Gasteiger partial charge in [0.25, 0.3) is 0 Å². The minimum atomic E-state index is -0.369. The Morgan fingerprint density at radius 2 is 2.07 bits per heavy atom. The van der Waals surface area contributed by atoms with Gasteiger partial charge in [0.05, 0.1) is 5.52 Å². The Balaban J connectivity index is 2.96. The van der Waals surface area contributed by atoms with Crippen LogP contribution in [0.3, 0.4) is 0 Å². The quantitative estimate of drug-likeness (QED) is 0.701. The number of fused-ring (bicyclic) bond motifs is 1. The van der Waals surface area contributed by atoms with E-state index >= 15 is 0 Å². The van der Waals surface area contributed by atoms with E-state index in [1.165, 1.54) is 12.1 Å². The average Bonchev–Trinajstić information content (AvgIpc) is 2.19. The summed E-state index contributed by atoms with van der Waals surface area (Å²) in [4.78, 5) is 11.6. The molecule has 1 aromatic carbocycles. The van der Waals surface area contributed by atoms with Crippen LogP contribution >= 0.6 is 0 Å². The maximum atomic E-state index is 13.0. The number of pyridine rings is 1. The Bertz CT molecular complexity index is 572. The third kappa shape index (κ3) is 1.54. The molecular weight excluding hydrogens is 193 g/mol. The van der Waals surface area contributed by atoms with Crippen molar-refractivity contribution < 1.29 is 4.39 Å². The monoisotopic (exact) mass is 205 g/mol. The molecule has 1 heterocycles. The van der Waals surface area contributed by atoms with Crippen molar-refractivity contribution >= 4 is 10.9 Å². The van der Waals surface area contributed by atoms with Gasteiger partial charge in [0.1, 0.15) is 5.82 Å². The van der Waals surface area contributed by atoms with Gasteiger partial charge < -0.3 is 4.57 Å². The average molecular weight is 205 g/mol. The van der Waals surface area contributed by atoms with Gasteiger partial charge in [-0.05, 0) is 32.0 Å². The molecule has 0 N–H and O–H groups in total. The number of hydrogen-bond donors (Lipinski definition) is 0. The molecule has 0 aliphatic carbocycles. The molecule has 2 rings (SSSR count). The highest BCUT2D eigenvalue weighted by atomic mass is 19.1. The first-order valence-electron chi connectivity index (χ1n) is 4.93. The highest BCUT2D eigenvalue weighted by Gasteiger charge is 2.05. The molecule has 0 bridgehead atoms. The number of hydrogen-bond acceptors (Lipinski definition) is 1. The molecule has 0 aliphatic rings. The second-order valence-electron chi connectivity index (χ2n) is 3.56. The summed E-state index contributed by atoms with van der Waals surface area (Å²) < 4.78 is 15.0. The molecule has 0 aliphatic heterocycles. The Labute approximate surface area is 87.0 Å². The first kappa shape index (κ1) is 9.90. The van der Waals surface area contributed by atoms with Gasteiger partial charge >= 0.3 is 0 Å². The van der Waals surface area contributed by atoms with Gasteiger partial charge in [0.15, 0.2) is 5.43 Å². The van der Waals surface area contributed by atoms with Crippen LogP contribution < -0.4 is 5.43 Å². The van der Waals surface area contributed by atoms with Crippen molar-refractivity contribution in [2.45, 2.75) is 20.4 Å². The van der Waals surface area contributed by atoms with Gasteiger partial charge in [-0.15, -0.1) is 0 Å². The van der Waals surface area contributed by atoms with Gasteiger partial charge in [-0.2, -0.15) is 0 Å². The molecule has 0 unspecified atom stereocenters. The Morgan fingerprint density at radius 1 is 1.33 bits per heavy atom. The van der Waals surface area contributed by atoms with Crippen LogP contribution in [0.5, 0.6) is 0 Å². The summed E-state index contributed by atoms with van der Waals surface area (Å²) in [5.41, 5.74) is 1.58. The number of halogens is 1. The summed E-state index contributed by atoms with van der Waals surface area (Å²) in [6.07, 6.45) is 0. The van der Waals surface area contributed by atoms with Crippen LogP contribution in [0.4, 0.5) is 4.39 Å². The lowest BCUT2D eigenvalue weighted by Crippen LogP contribution is -2.11. The SMILES string of the molecule is CCn1c(C)cc(=O)c2cc(F)ccc21.